The molecule has 1 saturated heterocycles. The molecule has 4 aliphatic carbocycles. The predicted octanol–water partition coefficient (Wildman–Crippen LogP) is 5.09. The first-order chi connectivity index (χ1) is 14.3. The smallest absolute Gasteiger partial charge is 0.269 e. The van der Waals surface area contributed by atoms with Gasteiger partial charge in [-0.2, -0.15) is 8.78 Å². The Kier molecular flexibility index (Phi) is 5.07. The van der Waals surface area contributed by atoms with Crippen molar-refractivity contribution in [1.29, 1.82) is 0 Å². The molecule has 0 aromatic carbocycles. The molecule has 5 fully saturated rings. The summed E-state index contributed by atoms with van der Waals surface area (Å²) in [6, 6.07) is 0. The largest absolute Gasteiger partial charge is 0.391 e. The van der Waals surface area contributed by atoms with Crippen LogP contribution in [0.25, 0.3) is 0 Å². The summed E-state index contributed by atoms with van der Waals surface area (Å²) < 4.78 is 28.5. The van der Waals surface area contributed by atoms with Crippen LogP contribution in [0.4, 0.5) is 8.78 Å². The van der Waals surface area contributed by atoms with Crippen LogP contribution in [0, 0.1) is 34.5 Å². The summed E-state index contributed by atoms with van der Waals surface area (Å²) in [5, 5.41) is 7.69. The lowest BCUT2D eigenvalue weighted by Crippen LogP contribution is -2.54. The molecule has 7 atom stereocenters. The molecule has 166 valence electrons. The summed E-state index contributed by atoms with van der Waals surface area (Å²) in [5.41, 5.74) is 0.866. The molecule has 4 nitrogen and oxygen atoms in total. The number of hydrogen-bond acceptors (Lipinski definition) is 4. The van der Waals surface area contributed by atoms with E-state index in [1.807, 2.05) is 0 Å². The number of hydrogen-bond donors (Lipinski definition) is 1. The molecule has 5 rings (SSSR count). The minimum Gasteiger partial charge on any atom is -0.391 e. The number of carbonyl (C=O) groups is 1. The first kappa shape index (κ1) is 20.6. The topological polar surface area (TPSA) is 50.7 Å². The summed E-state index contributed by atoms with van der Waals surface area (Å²) in [6.07, 6.45) is 5.76. The molecule has 0 aromatic heterocycles. The number of rotatable bonds is 2. The monoisotopic (exact) mass is 420 g/mol. The number of oxime groups is 1. The third-order valence-electron chi connectivity index (χ3n) is 9.65. The Labute approximate surface area is 177 Å². The second-order valence-corrected chi connectivity index (χ2v) is 10.9. The number of ketones is 1. The molecule has 0 radical (unpaired) electrons. The molecule has 0 aromatic rings. The van der Waals surface area contributed by atoms with Gasteiger partial charge in [0, 0.05) is 24.8 Å². The zero-order chi connectivity index (χ0) is 21.1. The van der Waals surface area contributed by atoms with Crippen LogP contribution in [0.15, 0.2) is 16.8 Å². The quantitative estimate of drug-likeness (QED) is 0.633. The zero-order valence-corrected chi connectivity index (χ0v) is 18.2. The molecule has 1 heterocycles. The molecule has 1 N–H and O–H groups in total. The van der Waals surface area contributed by atoms with E-state index in [-0.39, 0.29) is 34.7 Å². The number of allylic oxidation sites excluding steroid dienone is 1. The maximum Gasteiger partial charge on any atom is 0.269 e. The van der Waals surface area contributed by atoms with Crippen LogP contribution in [0.2, 0.25) is 0 Å². The highest BCUT2D eigenvalue weighted by molar-refractivity contribution is 5.87. The van der Waals surface area contributed by atoms with Gasteiger partial charge in [-0.25, -0.2) is 0 Å². The van der Waals surface area contributed by atoms with E-state index in [0.717, 1.165) is 57.3 Å². The first-order valence-corrected chi connectivity index (χ1v) is 11.8. The molecule has 0 amide bonds. The van der Waals surface area contributed by atoms with Gasteiger partial charge in [0.25, 0.3) is 6.08 Å². The van der Waals surface area contributed by atoms with Crippen molar-refractivity contribution in [3.63, 3.8) is 0 Å². The minimum atomic E-state index is -1.50. The van der Waals surface area contributed by atoms with Crippen LogP contribution in [0.1, 0.15) is 71.6 Å². The molecular formula is C24H34F2N2O2. The normalized spacial score (nSPS) is 47.1. The molecule has 30 heavy (non-hydrogen) atoms. The standard InChI is InChI=1S/C24H34F2N2O2/c1-23-8-5-14(28-30-15-7-10-27-13-15)11-20(23)17(22(25)26)12-16-18-3-4-21(29)24(18,2)9-6-19(16)23/h15-16,18-20,27H,3-13H2,1-2H3/t15-,16+,18+,19+,20-,23-,24+/m1/s1. The Morgan fingerprint density at radius 3 is 2.67 bits per heavy atom. The maximum atomic E-state index is 14.2. The van der Waals surface area contributed by atoms with Crippen LogP contribution in [-0.2, 0) is 9.63 Å². The SMILES string of the molecule is C[C@]12CCC(=NO[C@@H]3CCNC3)C[C@@H]1C(=C(F)F)C[C@@H]1[C@@H]2CC[C@]2(C)C(=O)CC[C@@H]12. The van der Waals surface area contributed by atoms with Crippen molar-refractivity contribution in [2.45, 2.75) is 77.7 Å². The van der Waals surface area contributed by atoms with Gasteiger partial charge in [-0.3, -0.25) is 4.79 Å². The third kappa shape index (κ3) is 3.08. The van der Waals surface area contributed by atoms with Crippen molar-refractivity contribution in [2.75, 3.05) is 13.1 Å². The van der Waals surface area contributed by atoms with Gasteiger partial charge in [0.15, 0.2) is 0 Å². The second kappa shape index (κ2) is 7.39. The maximum absolute atomic E-state index is 14.2. The highest BCUT2D eigenvalue weighted by Gasteiger charge is 2.61. The second-order valence-electron chi connectivity index (χ2n) is 10.9. The van der Waals surface area contributed by atoms with Gasteiger partial charge in [-0.1, -0.05) is 19.0 Å². The van der Waals surface area contributed by atoms with Gasteiger partial charge in [-0.05, 0) is 86.2 Å². The minimum absolute atomic E-state index is 0.102. The first-order valence-electron chi connectivity index (χ1n) is 11.8. The van der Waals surface area contributed by atoms with Crippen molar-refractivity contribution in [3.8, 4) is 0 Å². The number of Topliss-reactive ketones (excluding diaryl/α,β-unsaturated/α-hetero) is 1. The lowest BCUT2D eigenvalue weighted by Gasteiger charge is -2.59. The van der Waals surface area contributed by atoms with Crippen LogP contribution in [0.5, 0.6) is 0 Å². The van der Waals surface area contributed by atoms with Crippen LogP contribution >= 0.6 is 0 Å². The Morgan fingerprint density at radius 2 is 1.93 bits per heavy atom. The summed E-state index contributed by atoms with van der Waals surface area (Å²) in [6.45, 7) is 6.11. The van der Waals surface area contributed by atoms with Crippen molar-refractivity contribution in [1.82, 2.24) is 5.32 Å². The van der Waals surface area contributed by atoms with Gasteiger partial charge in [0.05, 0.1) is 5.71 Å². The molecule has 4 saturated carbocycles. The average molecular weight is 421 g/mol. The highest BCUT2D eigenvalue weighted by Crippen LogP contribution is 2.66. The fourth-order valence-electron chi connectivity index (χ4n) is 7.84. The number of nitrogens with zero attached hydrogens (tertiary/aromatic N) is 1. The highest BCUT2D eigenvalue weighted by atomic mass is 19.3. The molecule has 5 aliphatic rings. The Morgan fingerprint density at radius 1 is 1.10 bits per heavy atom. The van der Waals surface area contributed by atoms with Crippen molar-refractivity contribution in [2.24, 2.45) is 39.7 Å². The summed E-state index contributed by atoms with van der Waals surface area (Å²) >= 11 is 0. The van der Waals surface area contributed by atoms with E-state index in [4.69, 9.17) is 4.84 Å². The van der Waals surface area contributed by atoms with Crippen LogP contribution < -0.4 is 5.32 Å². The van der Waals surface area contributed by atoms with Gasteiger partial charge in [0.2, 0.25) is 0 Å². The predicted molar refractivity (Wildman–Crippen MR) is 111 cm³/mol. The number of halogens is 2. The van der Waals surface area contributed by atoms with Crippen LogP contribution in [0.3, 0.4) is 0 Å². The molecule has 1 aliphatic heterocycles. The van der Waals surface area contributed by atoms with Crippen molar-refractivity contribution < 1.29 is 18.4 Å². The summed E-state index contributed by atoms with van der Waals surface area (Å²) in [4.78, 5) is 18.3. The Hall–Kier alpha value is -1.30. The Balaban J connectivity index is 1.42. The fourth-order valence-corrected chi connectivity index (χ4v) is 7.84. The Bertz CT molecular complexity index is 786. The molecule has 0 spiro atoms. The van der Waals surface area contributed by atoms with Crippen molar-refractivity contribution in [3.05, 3.63) is 11.7 Å². The van der Waals surface area contributed by atoms with E-state index in [1.54, 1.807) is 0 Å². The molecular weight excluding hydrogens is 386 g/mol. The van der Waals surface area contributed by atoms with Gasteiger partial charge >= 0.3 is 0 Å². The van der Waals surface area contributed by atoms with E-state index in [1.165, 1.54) is 0 Å². The van der Waals surface area contributed by atoms with E-state index < -0.39 is 6.08 Å². The third-order valence-corrected chi connectivity index (χ3v) is 9.65. The molecule has 6 heteroatoms. The summed E-state index contributed by atoms with van der Waals surface area (Å²) in [7, 11) is 0. The number of nitrogens with one attached hydrogen (secondary N) is 1. The van der Waals surface area contributed by atoms with Crippen LogP contribution in [-0.4, -0.2) is 30.7 Å². The zero-order valence-electron chi connectivity index (χ0n) is 18.2. The van der Waals surface area contributed by atoms with E-state index in [2.05, 4.69) is 24.3 Å². The van der Waals surface area contributed by atoms with E-state index in [0.29, 0.717) is 36.5 Å². The van der Waals surface area contributed by atoms with Gasteiger partial charge < -0.3 is 10.2 Å². The lowest BCUT2D eigenvalue weighted by molar-refractivity contribution is -0.134. The lowest BCUT2D eigenvalue weighted by atomic mass is 9.44. The van der Waals surface area contributed by atoms with E-state index >= 15 is 0 Å². The summed E-state index contributed by atoms with van der Waals surface area (Å²) in [5.74, 6) is 1.12. The average Bonchev–Trinajstić information content (AvgIpc) is 3.34. The molecule has 0 bridgehead atoms. The van der Waals surface area contributed by atoms with Gasteiger partial charge in [0.1, 0.15) is 11.9 Å². The number of carbonyl (C=O) groups excluding carboxylic acids is 1. The molecule has 0 unspecified atom stereocenters. The van der Waals surface area contributed by atoms with Crippen molar-refractivity contribution >= 4 is 11.5 Å². The van der Waals surface area contributed by atoms with E-state index in [9.17, 15) is 13.6 Å². The number of fused-ring (bicyclic) bond motifs is 5. The van der Waals surface area contributed by atoms with Gasteiger partial charge in [-0.15, -0.1) is 0 Å². The fraction of sp³-hybridized carbons (Fsp3) is 0.833.